The van der Waals surface area contributed by atoms with Crippen LogP contribution in [-0.2, 0) is 0 Å². The van der Waals surface area contributed by atoms with Crippen molar-refractivity contribution < 1.29 is 0 Å². The maximum Gasteiger partial charge on any atom is 0.0603 e. The van der Waals surface area contributed by atoms with Gasteiger partial charge >= 0.3 is 0 Å². The summed E-state index contributed by atoms with van der Waals surface area (Å²) in [4.78, 5) is 1.18. The minimum Gasteiger partial charge on any atom is -0.179 e. The first-order chi connectivity index (χ1) is 6.74. The third-order valence-corrected chi connectivity index (χ3v) is 3.85. The number of rotatable bonds is 5. The van der Waals surface area contributed by atoms with E-state index in [1.807, 2.05) is 18.2 Å². The zero-order valence-electron chi connectivity index (χ0n) is 7.67. The van der Waals surface area contributed by atoms with Crippen LogP contribution in [0.2, 0.25) is 10.0 Å². The van der Waals surface area contributed by atoms with Crippen LogP contribution >= 0.6 is 47.6 Å². The Kier molecular flexibility index (Phi) is 6.18. The zero-order chi connectivity index (χ0) is 10.4. The van der Waals surface area contributed by atoms with Gasteiger partial charge in [-0.2, -0.15) is 12.6 Å². The van der Waals surface area contributed by atoms with E-state index in [0.29, 0.717) is 10.0 Å². The van der Waals surface area contributed by atoms with Crippen LogP contribution in [0.1, 0.15) is 12.8 Å². The molecule has 0 saturated heterocycles. The molecule has 0 saturated carbocycles. The molecule has 0 aliphatic rings. The normalized spacial score (nSPS) is 10.5. The van der Waals surface area contributed by atoms with Gasteiger partial charge in [0.05, 0.1) is 10.0 Å². The van der Waals surface area contributed by atoms with E-state index in [0.717, 1.165) is 17.9 Å². The second-order valence-electron chi connectivity index (χ2n) is 2.86. The van der Waals surface area contributed by atoms with Crippen molar-refractivity contribution in [2.24, 2.45) is 0 Å². The topological polar surface area (TPSA) is 0 Å². The molecule has 0 radical (unpaired) electrons. The van der Waals surface area contributed by atoms with Gasteiger partial charge in [-0.25, -0.2) is 0 Å². The maximum absolute atomic E-state index is 5.90. The quantitative estimate of drug-likeness (QED) is 0.454. The summed E-state index contributed by atoms with van der Waals surface area (Å²) in [5.41, 5.74) is 0. The third-order valence-electron chi connectivity index (χ3n) is 1.71. The van der Waals surface area contributed by atoms with Crippen molar-refractivity contribution in [3.63, 3.8) is 0 Å². The summed E-state index contributed by atoms with van der Waals surface area (Å²) in [5.74, 6) is 2.07. The smallest absolute Gasteiger partial charge is 0.0603 e. The molecule has 14 heavy (non-hydrogen) atoms. The predicted octanol–water partition coefficient (Wildman–Crippen LogP) is 4.80. The van der Waals surface area contributed by atoms with Gasteiger partial charge in [-0.1, -0.05) is 23.2 Å². The second-order valence-corrected chi connectivity index (χ2v) is 5.29. The number of hydrogen-bond donors (Lipinski definition) is 1. The molecule has 1 aromatic rings. The van der Waals surface area contributed by atoms with Gasteiger partial charge in [0.25, 0.3) is 0 Å². The van der Waals surface area contributed by atoms with Crippen LogP contribution in [0.4, 0.5) is 0 Å². The Morgan fingerprint density at radius 1 is 1.14 bits per heavy atom. The molecule has 1 rings (SSSR count). The summed E-state index contributed by atoms with van der Waals surface area (Å²) >= 11 is 17.7. The molecule has 0 aliphatic heterocycles. The number of thioether (sulfide) groups is 1. The molecule has 0 amide bonds. The SMILES string of the molecule is SCCCCSc1ccc(Cl)c(Cl)c1. The molecule has 0 heterocycles. The van der Waals surface area contributed by atoms with E-state index >= 15 is 0 Å². The highest BCUT2D eigenvalue weighted by molar-refractivity contribution is 7.99. The van der Waals surface area contributed by atoms with Crippen molar-refractivity contribution >= 4 is 47.6 Å². The molecular weight excluding hydrogens is 255 g/mol. The first-order valence-corrected chi connectivity index (χ1v) is 6.80. The highest BCUT2D eigenvalue weighted by Crippen LogP contribution is 2.28. The van der Waals surface area contributed by atoms with E-state index in [9.17, 15) is 0 Å². The number of halogens is 2. The highest BCUT2D eigenvalue weighted by atomic mass is 35.5. The molecule has 0 spiro atoms. The van der Waals surface area contributed by atoms with Crippen LogP contribution in [-0.4, -0.2) is 11.5 Å². The van der Waals surface area contributed by atoms with Gasteiger partial charge in [0.2, 0.25) is 0 Å². The Morgan fingerprint density at radius 2 is 1.93 bits per heavy atom. The van der Waals surface area contributed by atoms with Gasteiger partial charge in [0.15, 0.2) is 0 Å². The highest BCUT2D eigenvalue weighted by Gasteiger charge is 1.99. The standard InChI is InChI=1S/C10H12Cl2S2/c11-9-4-3-8(7-10(9)12)14-6-2-1-5-13/h3-4,7,13H,1-2,5-6H2. The fraction of sp³-hybridized carbons (Fsp3) is 0.400. The lowest BCUT2D eigenvalue weighted by molar-refractivity contribution is 0.910. The second kappa shape index (κ2) is 6.89. The van der Waals surface area contributed by atoms with Crippen LogP contribution < -0.4 is 0 Å². The lowest BCUT2D eigenvalue weighted by Crippen LogP contribution is -1.82. The molecule has 78 valence electrons. The van der Waals surface area contributed by atoms with Crippen LogP contribution in [0, 0.1) is 0 Å². The van der Waals surface area contributed by atoms with E-state index in [4.69, 9.17) is 23.2 Å². The molecular formula is C10H12Cl2S2. The molecule has 0 nitrogen and oxygen atoms in total. The van der Waals surface area contributed by atoms with Gasteiger partial charge < -0.3 is 0 Å². The molecule has 0 N–H and O–H groups in total. The summed E-state index contributed by atoms with van der Waals surface area (Å²) in [6, 6.07) is 5.75. The van der Waals surface area contributed by atoms with Crippen LogP contribution in [0.5, 0.6) is 0 Å². The Labute approximate surface area is 105 Å². The van der Waals surface area contributed by atoms with Gasteiger partial charge in [0, 0.05) is 4.90 Å². The van der Waals surface area contributed by atoms with E-state index < -0.39 is 0 Å². The average Bonchev–Trinajstić information content (AvgIpc) is 2.18. The van der Waals surface area contributed by atoms with Crippen molar-refractivity contribution in [1.82, 2.24) is 0 Å². The molecule has 0 fully saturated rings. The summed E-state index contributed by atoms with van der Waals surface area (Å²) < 4.78 is 0. The number of hydrogen-bond acceptors (Lipinski definition) is 2. The van der Waals surface area contributed by atoms with Crippen LogP contribution in [0.15, 0.2) is 23.1 Å². The van der Waals surface area contributed by atoms with E-state index in [1.54, 1.807) is 11.8 Å². The number of benzene rings is 1. The number of thiol groups is 1. The number of unbranched alkanes of at least 4 members (excludes halogenated alkanes) is 1. The van der Waals surface area contributed by atoms with Crippen molar-refractivity contribution in [3.05, 3.63) is 28.2 Å². The van der Waals surface area contributed by atoms with Crippen molar-refractivity contribution in [3.8, 4) is 0 Å². The third kappa shape index (κ3) is 4.35. The lowest BCUT2D eigenvalue weighted by Gasteiger charge is -2.02. The Bertz CT molecular complexity index is 289. The molecule has 0 unspecified atom stereocenters. The summed E-state index contributed by atoms with van der Waals surface area (Å²) in [7, 11) is 0. The fourth-order valence-electron chi connectivity index (χ4n) is 0.971. The monoisotopic (exact) mass is 266 g/mol. The summed E-state index contributed by atoms with van der Waals surface area (Å²) in [6.45, 7) is 0. The molecule has 0 aromatic heterocycles. The molecule has 4 heteroatoms. The molecule has 1 aromatic carbocycles. The Morgan fingerprint density at radius 3 is 2.57 bits per heavy atom. The van der Waals surface area contributed by atoms with Gasteiger partial charge in [-0.3, -0.25) is 0 Å². The van der Waals surface area contributed by atoms with E-state index in [2.05, 4.69) is 12.6 Å². The zero-order valence-corrected chi connectivity index (χ0v) is 10.9. The van der Waals surface area contributed by atoms with Gasteiger partial charge in [0.1, 0.15) is 0 Å². The first kappa shape index (κ1) is 12.6. The molecule has 0 bridgehead atoms. The Balaban J connectivity index is 2.39. The molecule has 0 aliphatic carbocycles. The fourth-order valence-corrected chi connectivity index (χ4v) is 2.51. The first-order valence-electron chi connectivity index (χ1n) is 4.43. The van der Waals surface area contributed by atoms with Crippen LogP contribution in [0.3, 0.4) is 0 Å². The maximum atomic E-state index is 5.90. The van der Waals surface area contributed by atoms with Crippen molar-refractivity contribution in [2.75, 3.05) is 11.5 Å². The minimum absolute atomic E-state index is 0.617. The summed E-state index contributed by atoms with van der Waals surface area (Å²) in [6.07, 6.45) is 2.35. The minimum atomic E-state index is 0.617. The average molecular weight is 267 g/mol. The Hall–Kier alpha value is 0.500. The van der Waals surface area contributed by atoms with Crippen LogP contribution in [0.25, 0.3) is 0 Å². The van der Waals surface area contributed by atoms with Gasteiger partial charge in [-0.15, -0.1) is 11.8 Å². The lowest BCUT2D eigenvalue weighted by atomic mass is 10.4. The largest absolute Gasteiger partial charge is 0.179 e. The van der Waals surface area contributed by atoms with Crippen molar-refractivity contribution in [1.29, 1.82) is 0 Å². The van der Waals surface area contributed by atoms with E-state index in [1.165, 1.54) is 11.3 Å². The summed E-state index contributed by atoms with van der Waals surface area (Å²) in [5, 5.41) is 1.25. The predicted molar refractivity (Wildman–Crippen MR) is 70.3 cm³/mol. The van der Waals surface area contributed by atoms with Crippen molar-refractivity contribution in [2.45, 2.75) is 17.7 Å². The van der Waals surface area contributed by atoms with E-state index in [-0.39, 0.29) is 0 Å². The molecule has 0 atom stereocenters. The van der Waals surface area contributed by atoms with Gasteiger partial charge in [-0.05, 0) is 42.5 Å².